The van der Waals surface area contributed by atoms with E-state index in [0.29, 0.717) is 6.42 Å². The van der Waals surface area contributed by atoms with E-state index in [-0.39, 0.29) is 24.3 Å². The highest BCUT2D eigenvalue weighted by molar-refractivity contribution is 5.88. The van der Waals surface area contributed by atoms with Crippen LogP contribution < -0.4 is 5.32 Å². The minimum atomic E-state index is -1.52. The van der Waals surface area contributed by atoms with E-state index >= 15 is 0 Å². The molecule has 4 nitrogen and oxygen atoms in total. The lowest BCUT2D eigenvalue weighted by Crippen LogP contribution is -2.27. The van der Waals surface area contributed by atoms with Crippen LogP contribution in [0.1, 0.15) is 30.6 Å². The van der Waals surface area contributed by atoms with Gasteiger partial charge in [-0.3, -0.25) is 0 Å². The van der Waals surface area contributed by atoms with Gasteiger partial charge in [-0.2, -0.15) is 0 Å². The Kier molecular flexibility index (Phi) is 5.23. The molecule has 0 radical (unpaired) electrons. The molecule has 19 heavy (non-hydrogen) atoms. The van der Waals surface area contributed by atoms with Gasteiger partial charge in [-0.05, 0) is 24.5 Å². The fourth-order valence-electron chi connectivity index (χ4n) is 1.74. The van der Waals surface area contributed by atoms with Crippen LogP contribution in [0.4, 0.5) is 14.5 Å². The number of hydrogen-bond donors (Lipinski definition) is 3. The summed E-state index contributed by atoms with van der Waals surface area (Å²) >= 11 is 0. The molecule has 1 rings (SSSR count). The summed E-state index contributed by atoms with van der Waals surface area (Å²) < 4.78 is 27.2. The minimum Gasteiger partial charge on any atom is -0.478 e. The smallest absolute Gasteiger partial charge is 0.338 e. The van der Waals surface area contributed by atoms with E-state index in [1.807, 2.05) is 13.8 Å². The molecule has 0 aliphatic carbocycles. The maximum absolute atomic E-state index is 13.7. The van der Waals surface area contributed by atoms with E-state index < -0.39 is 23.2 Å². The molecule has 1 aromatic carbocycles. The number of halogens is 2. The van der Waals surface area contributed by atoms with E-state index in [1.54, 1.807) is 0 Å². The van der Waals surface area contributed by atoms with Gasteiger partial charge in [0.15, 0.2) is 11.6 Å². The van der Waals surface area contributed by atoms with Crippen molar-refractivity contribution in [3.05, 3.63) is 29.3 Å². The summed E-state index contributed by atoms with van der Waals surface area (Å²) in [4.78, 5) is 10.7. The number of nitrogens with one attached hydrogen (secondary N) is 1. The number of aliphatic hydroxyl groups excluding tert-OH is 1. The zero-order valence-corrected chi connectivity index (χ0v) is 10.8. The van der Waals surface area contributed by atoms with Crippen LogP contribution in [0, 0.1) is 17.6 Å². The number of aliphatic hydroxyl groups is 1. The monoisotopic (exact) mass is 273 g/mol. The molecule has 0 spiro atoms. The van der Waals surface area contributed by atoms with Crippen LogP contribution >= 0.6 is 0 Å². The fourth-order valence-corrected chi connectivity index (χ4v) is 1.74. The average molecular weight is 273 g/mol. The molecule has 1 unspecified atom stereocenters. The van der Waals surface area contributed by atoms with Crippen molar-refractivity contribution >= 4 is 11.7 Å². The first-order valence-electron chi connectivity index (χ1n) is 5.97. The number of carboxylic acids is 1. The Labute approximate surface area is 110 Å². The molecule has 1 aromatic rings. The van der Waals surface area contributed by atoms with Gasteiger partial charge in [0.2, 0.25) is 0 Å². The highest BCUT2D eigenvalue weighted by atomic mass is 19.2. The highest BCUT2D eigenvalue weighted by Gasteiger charge is 2.20. The second-order valence-electron chi connectivity index (χ2n) is 4.60. The van der Waals surface area contributed by atoms with Gasteiger partial charge in [0.25, 0.3) is 0 Å². The second kappa shape index (κ2) is 6.47. The highest BCUT2D eigenvalue weighted by Crippen LogP contribution is 2.23. The standard InChI is InChI=1S/C13H17F2NO3/c1-7(2)9(5-6-17)16-10-4-3-8(13(18)19)11(14)12(10)15/h3-4,7,9,16-17H,5-6H2,1-2H3,(H,18,19). The van der Waals surface area contributed by atoms with Gasteiger partial charge in [0, 0.05) is 12.6 Å². The van der Waals surface area contributed by atoms with Crippen LogP contribution in [0.2, 0.25) is 0 Å². The number of carboxylic acid groups (broad SMARTS) is 1. The number of anilines is 1. The quantitative estimate of drug-likeness (QED) is 0.744. The molecule has 6 heteroatoms. The molecular weight excluding hydrogens is 256 g/mol. The third kappa shape index (κ3) is 3.64. The van der Waals surface area contributed by atoms with Gasteiger partial charge >= 0.3 is 5.97 Å². The molecule has 0 aliphatic rings. The number of carbonyl (C=O) groups is 1. The maximum Gasteiger partial charge on any atom is 0.338 e. The molecule has 0 amide bonds. The van der Waals surface area contributed by atoms with Crippen molar-refractivity contribution in [3.8, 4) is 0 Å². The van der Waals surface area contributed by atoms with E-state index in [9.17, 15) is 13.6 Å². The van der Waals surface area contributed by atoms with Crippen LogP contribution in [0.3, 0.4) is 0 Å². The molecule has 0 saturated heterocycles. The van der Waals surface area contributed by atoms with Crippen molar-refractivity contribution in [2.45, 2.75) is 26.3 Å². The molecule has 0 aliphatic heterocycles. The van der Waals surface area contributed by atoms with Crippen molar-refractivity contribution in [3.63, 3.8) is 0 Å². The number of hydrogen-bond acceptors (Lipinski definition) is 3. The molecular formula is C13H17F2NO3. The first-order valence-corrected chi connectivity index (χ1v) is 5.97. The Morgan fingerprint density at radius 1 is 1.32 bits per heavy atom. The number of rotatable bonds is 6. The maximum atomic E-state index is 13.7. The summed E-state index contributed by atoms with van der Waals surface area (Å²) in [6.07, 6.45) is 0.388. The van der Waals surface area contributed by atoms with Crippen molar-refractivity contribution in [2.75, 3.05) is 11.9 Å². The van der Waals surface area contributed by atoms with E-state index in [0.717, 1.165) is 6.07 Å². The van der Waals surface area contributed by atoms with Gasteiger partial charge in [0.05, 0.1) is 11.3 Å². The summed E-state index contributed by atoms with van der Waals surface area (Å²) in [5.74, 6) is -4.01. The Hall–Kier alpha value is -1.69. The molecule has 106 valence electrons. The predicted octanol–water partition coefficient (Wildman–Crippen LogP) is 2.48. The van der Waals surface area contributed by atoms with Gasteiger partial charge in [-0.15, -0.1) is 0 Å². The number of benzene rings is 1. The van der Waals surface area contributed by atoms with Crippen LogP contribution in [0.15, 0.2) is 12.1 Å². The lowest BCUT2D eigenvalue weighted by molar-refractivity contribution is 0.0690. The van der Waals surface area contributed by atoms with E-state index in [2.05, 4.69) is 5.32 Å². The summed E-state index contributed by atoms with van der Waals surface area (Å²) in [6.45, 7) is 3.69. The Balaban J connectivity index is 3.02. The van der Waals surface area contributed by atoms with Gasteiger partial charge < -0.3 is 15.5 Å². The zero-order chi connectivity index (χ0) is 14.6. The Morgan fingerprint density at radius 2 is 1.95 bits per heavy atom. The molecule has 0 bridgehead atoms. The lowest BCUT2D eigenvalue weighted by atomic mass is 10.0. The Morgan fingerprint density at radius 3 is 2.42 bits per heavy atom. The molecule has 0 fully saturated rings. The average Bonchev–Trinajstić information content (AvgIpc) is 2.33. The van der Waals surface area contributed by atoms with Crippen LogP contribution in [-0.4, -0.2) is 28.8 Å². The second-order valence-corrected chi connectivity index (χ2v) is 4.60. The van der Waals surface area contributed by atoms with Crippen molar-refractivity contribution in [1.82, 2.24) is 0 Å². The summed E-state index contributed by atoms with van der Waals surface area (Å²) in [5.41, 5.74) is -0.805. The van der Waals surface area contributed by atoms with Crippen molar-refractivity contribution < 1.29 is 23.8 Å². The summed E-state index contributed by atoms with van der Waals surface area (Å²) in [5, 5.41) is 20.4. The summed E-state index contributed by atoms with van der Waals surface area (Å²) in [6, 6.07) is 1.98. The predicted molar refractivity (Wildman–Crippen MR) is 67.3 cm³/mol. The molecule has 3 N–H and O–H groups in total. The first-order chi connectivity index (χ1) is 8.88. The topological polar surface area (TPSA) is 69.6 Å². The normalized spacial score (nSPS) is 12.5. The largest absolute Gasteiger partial charge is 0.478 e. The van der Waals surface area contributed by atoms with Crippen LogP contribution in [0.5, 0.6) is 0 Å². The molecule has 1 atom stereocenters. The van der Waals surface area contributed by atoms with Gasteiger partial charge in [0.1, 0.15) is 0 Å². The van der Waals surface area contributed by atoms with E-state index in [1.165, 1.54) is 6.07 Å². The first kappa shape index (κ1) is 15.4. The fraction of sp³-hybridized carbons (Fsp3) is 0.462. The summed E-state index contributed by atoms with van der Waals surface area (Å²) in [7, 11) is 0. The van der Waals surface area contributed by atoms with Gasteiger partial charge in [-0.25, -0.2) is 13.6 Å². The van der Waals surface area contributed by atoms with Crippen molar-refractivity contribution in [2.24, 2.45) is 5.92 Å². The Bertz CT molecular complexity index is 463. The lowest BCUT2D eigenvalue weighted by Gasteiger charge is -2.23. The zero-order valence-electron chi connectivity index (χ0n) is 10.8. The molecule has 0 saturated carbocycles. The molecule has 0 aromatic heterocycles. The molecule has 0 heterocycles. The van der Waals surface area contributed by atoms with Gasteiger partial charge in [-0.1, -0.05) is 13.8 Å². The SMILES string of the molecule is CC(C)C(CCO)Nc1ccc(C(=O)O)c(F)c1F. The van der Waals surface area contributed by atoms with Crippen molar-refractivity contribution in [1.29, 1.82) is 0 Å². The van der Waals surface area contributed by atoms with Crippen LogP contribution in [0.25, 0.3) is 0 Å². The third-order valence-corrected chi connectivity index (χ3v) is 2.90. The van der Waals surface area contributed by atoms with E-state index in [4.69, 9.17) is 10.2 Å². The minimum absolute atomic E-state index is 0.0762. The van der Waals surface area contributed by atoms with Crippen LogP contribution in [-0.2, 0) is 0 Å². The number of aromatic carboxylic acids is 1. The third-order valence-electron chi connectivity index (χ3n) is 2.90.